The average Bonchev–Trinajstić information content (AvgIpc) is 1.58. The van der Waals surface area contributed by atoms with Crippen LogP contribution in [-0.4, -0.2) is 0 Å². The van der Waals surface area contributed by atoms with Crippen LogP contribution in [0.3, 0.4) is 0 Å². The van der Waals surface area contributed by atoms with E-state index in [4.69, 9.17) is 0 Å². The van der Waals surface area contributed by atoms with Gasteiger partial charge in [-0.25, -0.2) is 0 Å². The van der Waals surface area contributed by atoms with Gasteiger partial charge >= 0.3 is 0 Å². The van der Waals surface area contributed by atoms with Crippen molar-refractivity contribution in [3.8, 4) is 67.4 Å². The number of unbranched alkanes of at least 4 members (excludes halogenated alkanes) is 18. The van der Waals surface area contributed by atoms with E-state index in [2.05, 4.69) is 258 Å². The summed E-state index contributed by atoms with van der Waals surface area (Å²) >= 11 is 0. The van der Waals surface area contributed by atoms with Gasteiger partial charge in [-0.3, -0.25) is 0 Å². The Hall–Kier alpha value is -9.97. The molecule has 5 nitrogen and oxygen atoms in total. The van der Waals surface area contributed by atoms with E-state index in [9.17, 15) is 0 Å². The fourth-order valence-corrected chi connectivity index (χ4v) is 24.9. The molecule has 670 valence electrons. The van der Waals surface area contributed by atoms with Crippen molar-refractivity contribution < 1.29 is 22.8 Å². The van der Waals surface area contributed by atoms with Crippen molar-refractivity contribution in [2.75, 3.05) is 0 Å². The highest BCUT2D eigenvalue weighted by Crippen LogP contribution is 2.45. The van der Waals surface area contributed by atoms with Gasteiger partial charge in [0.1, 0.15) is 0 Å². The maximum atomic E-state index is 2.59. The summed E-state index contributed by atoms with van der Waals surface area (Å²) in [6, 6.07) is 66.9. The van der Waals surface area contributed by atoms with E-state index in [0.29, 0.717) is 0 Å². The molecule has 13 aromatic rings. The van der Waals surface area contributed by atoms with Crippen LogP contribution in [0.2, 0.25) is 0 Å². The molecule has 0 amide bonds. The third-order valence-corrected chi connectivity index (χ3v) is 31.7. The zero-order valence-corrected chi connectivity index (χ0v) is 80.4. The van der Waals surface area contributed by atoms with Crippen molar-refractivity contribution in [2.45, 2.75) is 363 Å². The molecule has 0 spiro atoms. The summed E-state index contributed by atoms with van der Waals surface area (Å²) in [6.45, 7) is 16.6. The lowest BCUT2D eigenvalue weighted by atomic mass is 9.81. The second-order valence-electron chi connectivity index (χ2n) is 40.8. The number of aryl methyl sites for hydroxylation is 7. The van der Waals surface area contributed by atoms with Crippen LogP contribution in [-0.2, 0) is 123 Å². The number of aromatic nitrogens is 5. The Bertz CT molecular complexity index is 6150. The Labute approximate surface area is 781 Å². The molecule has 0 N–H and O–H groups in total. The van der Waals surface area contributed by atoms with Crippen LogP contribution in [0.15, 0.2) is 201 Å². The molecular formula is C125H150N5+5. The van der Waals surface area contributed by atoms with Crippen molar-refractivity contribution in [2.24, 2.45) is 0 Å². The highest BCUT2D eigenvalue weighted by molar-refractivity contribution is 5.86. The van der Waals surface area contributed by atoms with Crippen molar-refractivity contribution in [1.82, 2.24) is 0 Å². The maximum absolute atomic E-state index is 2.59. The van der Waals surface area contributed by atoms with Crippen molar-refractivity contribution >= 4 is 21.7 Å². The van der Waals surface area contributed by atoms with E-state index in [-0.39, 0.29) is 0 Å². The van der Waals surface area contributed by atoms with E-state index in [0.717, 1.165) is 32.7 Å². The molecule has 0 saturated carbocycles. The quantitative estimate of drug-likeness (QED) is 0.0361. The third kappa shape index (κ3) is 19.6. The minimum absolute atomic E-state index is 1.01. The van der Waals surface area contributed by atoms with Crippen LogP contribution >= 0.6 is 0 Å². The molecule has 10 aliphatic rings. The third-order valence-electron chi connectivity index (χ3n) is 31.7. The number of hydrogen-bond donors (Lipinski definition) is 0. The highest BCUT2D eigenvalue weighted by atomic mass is 15.0. The Balaban J connectivity index is 0.000000106. The fourth-order valence-electron chi connectivity index (χ4n) is 24.9. The Morgan fingerprint density at radius 2 is 0.623 bits per heavy atom. The molecule has 5 aliphatic carbocycles. The summed E-state index contributed by atoms with van der Waals surface area (Å²) < 4.78 is 12.4. The second kappa shape index (κ2) is 42.7. The molecule has 0 radical (unpaired) electrons. The highest BCUT2D eigenvalue weighted by Gasteiger charge is 2.39. The van der Waals surface area contributed by atoms with Gasteiger partial charge in [0.15, 0.2) is 57.5 Å². The average molecular weight is 1720 g/mol. The zero-order valence-electron chi connectivity index (χ0n) is 80.4. The summed E-state index contributed by atoms with van der Waals surface area (Å²) in [7, 11) is 0. The van der Waals surface area contributed by atoms with Crippen LogP contribution in [0.1, 0.15) is 344 Å². The van der Waals surface area contributed by atoms with E-state index in [1.807, 2.05) is 0 Å². The smallest absolute Gasteiger partial charge is 0.194 e. The van der Waals surface area contributed by atoms with Crippen molar-refractivity contribution in [3.63, 3.8) is 0 Å². The monoisotopic (exact) mass is 1720 g/mol. The van der Waals surface area contributed by atoms with Gasteiger partial charge in [0.2, 0.25) is 34.0 Å². The molecule has 8 aromatic carbocycles. The van der Waals surface area contributed by atoms with Crippen molar-refractivity contribution in [3.05, 3.63) is 312 Å². The molecule has 5 aromatic heterocycles. The van der Waals surface area contributed by atoms with Gasteiger partial charge in [-0.1, -0.05) is 228 Å². The minimum atomic E-state index is 1.01. The summed E-state index contributed by atoms with van der Waals surface area (Å²) in [5, 5.41) is 4.07. The number of rotatable bonds is 27. The lowest BCUT2D eigenvalue weighted by Gasteiger charge is -2.22. The molecule has 130 heavy (non-hydrogen) atoms. The van der Waals surface area contributed by atoms with Gasteiger partial charge in [-0.15, -0.1) is 0 Å². The van der Waals surface area contributed by atoms with Gasteiger partial charge in [0.25, 0.3) is 0 Å². The first kappa shape index (κ1) is 89.3. The number of para-hydroxylation sites is 1. The Kier molecular flexibility index (Phi) is 29.3. The predicted octanol–water partition coefficient (Wildman–Crippen LogP) is 29.5. The SMILES string of the molecule is CCCCCCCCc1cc2c(c3c1CCCC3)-c1cc3ccccc3c[n+]1C2.CCCCCCCCc1cc2c(c3c1CCCC3)-c1ccc3ccccc3[n+]1C2.CCCCCCCCc1cc2c(c3c1CCCC3)-c1cccc[n+]1C2.CCCCCCc1ccc2[n+](c1)Cc1ccc3c(c1-2)CCCC3.Cc1ccc(-c2ccc3[n+](c2)Cc2ccc4c(c2-3)CCCC4)cc1. The van der Waals surface area contributed by atoms with E-state index < -0.39 is 0 Å². The number of nitrogens with zero attached hydrogens (tertiary/aromatic N) is 5. The molecular weight excluding hydrogens is 1570 g/mol. The largest absolute Gasteiger partial charge is 0.214 e. The van der Waals surface area contributed by atoms with Gasteiger partial charge in [-0.2, -0.15) is 22.8 Å². The number of pyridine rings is 5. The predicted molar refractivity (Wildman–Crippen MR) is 543 cm³/mol. The molecule has 5 aliphatic heterocycles. The fraction of sp³-hybridized carbons (Fsp3) is 0.448. The zero-order chi connectivity index (χ0) is 88.1. The first-order chi connectivity index (χ1) is 64.3. The second-order valence-corrected chi connectivity index (χ2v) is 40.8. The number of benzene rings is 8. The molecule has 0 unspecified atom stereocenters. The molecule has 0 bridgehead atoms. The summed E-state index contributed by atoms with van der Waals surface area (Å²) in [5.41, 5.74) is 51.3. The van der Waals surface area contributed by atoms with E-state index in [1.165, 1.54) is 384 Å². The van der Waals surface area contributed by atoms with Crippen molar-refractivity contribution in [1.29, 1.82) is 0 Å². The minimum Gasteiger partial charge on any atom is -0.194 e. The summed E-state index contributed by atoms with van der Waals surface area (Å²) in [4.78, 5) is 0. The summed E-state index contributed by atoms with van der Waals surface area (Å²) in [6.07, 6.45) is 71.2. The topological polar surface area (TPSA) is 19.4 Å². The molecule has 0 saturated heterocycles. The lowest BCUT2D eigenvalue weighted by Crippen LogP contribution is -2.33. The van der Waals surface area contributed by atoms with Crippen LogP contribution in [0.5, 0.6) is 0 Å². The Morgan fingerprint density at radius 3 is 1.18 bits per heavy atom. The first-order valence-corrected chi connectivity index (χ1v) is 53.0. The Morgan fingerprint density at radius 1 is 0.238 bits per heavy atom. The lowest BCUT2D eigenvalue weighted by molar-refractivity contribution is -0.672. The summed E-state index contributed by atoms with van der Waals surface area (Å²) in [5.74, 6) is 0. The maximum Gasteiger partial charge on any atom is 0.214 e. The molecule has 0 atom stereocenters. The van der Waals surface area contributed by atoms with Gasteiger partial charge in [-0.05, 0) is 325 Å². The van der Waals surface area contributed by atoms with Crippen LogP contribution in [0, 0.1) is 6.92 Å². The number of hydrogen-bond acceptors (Lipinski definition) is 0. The molecule has 5 heteroatoms. The normalized spacial score (nSPS) is 14.8. The van der Waals surface area contributed by atoms with Crippen LogP contribution < -0.4 is 22.8 Å². The molecule has 10 heterocycles. The van der Waals surface area contributed by atoms with E-state index in [1.54, 1.807) is 111 Å². The van der Waals surface area contributed by atoms with Gasteiger partial charge < -0.3 is 0 Å². The first-order valence-electron chi connectivity index (χ1n) is 53.0. The number of fused-ring (bicyclic) bond motifs is 28. The standard InChI is InChI=1S/2C28H34N.C24H32N.C23H22N.C22H28N/c1-2-3-4-5-6-7-13-22-19-23-20-29-26-16-11-8-12-21(26)17-18-27(29)28(23)25-15-10-9-14-24(22)25;1-2-3-4-5-6-7-13-22-17-24-20-29-19-23-14-9-8-12-21(23)18-27(29)28(24)26-16-11-10-15-25(22)26;1-2-3-4-5-6-7-12-19-17-20-18-25-16-11-10-15-23(25)24(20)22-14-9-8-13-21(19)22;1-16-6-8-17(9-7-16)19-12-13-22-23-20(15-24(22)14-19)11-10-18-4-2-3-5-21(18)23;1-2-3-4-5-8-17-11-14-21-22-19(16-23(21)15-17)13-12-18-9-6-7-10-20(18)22/h8,11-12,16-19H,2-7,9-10,13-15,20H2,1H3;8-9,12,14,17-19H,2-7,10-11,13,15-16,20H2,1H3;10-11,15-17H,2-9,12-14,18H2,1H3;6-14H,2-5,15H2,1H3;11-15H,2-10,16H2,1H3/q5*+1. The van der Waals surface area contributed by atoms with Gasteiger partial charge in [0, 0.05) is 92.2 Å². The van der Waals surface area contributed by atoms with E-state index >= 15 is 0 Å². The van der Waals surface area contributed by atoms with Crippen LogP contribution in [0.4, 0.5) is 0 Å². The molecule has 0 fully saturated rings. The van der Waals surface area contributed by atoms with Gasteiger partial charge in [0.05, 0.1) is 27.8 Å². The molecule has 23 rings (SSSR count). The van der Waals surface area contributed by atoms with Crippen LogP contribution in [0.25, 0.3) is 89.1 Å².